The molecular formula is C11H19N3S. The van der Waals surface area contributed by atoms with E-state index in [-0.39, 0.29) is 0 Å². The summed E-state index contributed by atoms with van der Waals surface area (Å²) in [7, 11) is 1.97. The van der Waals surface area contributed by atoms with E-state index in [0.717, 1.165) is 11.8 Å². The Morgan fingerprint density at radius 1 is 1.60 bits per heavy atom. The molecule has 1 N–H and O–H groups in total. The lowest BCUT2D eigenvalue weighted by Gasteiger charge is -2.18. The summed E-state index contributed by atoms with van der Waals surface area (Å²) in [5.74, 6) is 0. The molecule has 1 aromatic heterocycles. The van der Waals surface area contributed by atoms with Gasteiger partial charge in [0.15, 0.2) is 0 Å². The van der Waals surface area contributed by atoms with Crippen molar-refractivity contribution in [2.75, 3.05) is 6.54 Å². The van der Waals surface area contributed by atoms with Crippen LogP contribution in [-0.4, -0.2) is 27.6 Å². The molecule has 0 saturated heterocycles. The highest BCUT2D eigenvalue weighted by atomic mass is 32.2. The topological polar surface area (TPSA) is 29.9 Å². The molecule has 0 bridgehead atoms. The smallest absolute Gasteiger partial charge is 0.0625 e. The van der Waals surface area contributed by atoms with E-state index in [1.165, 1.54) is 24.2 Å². The van der Waals surface area contributed by atoms with Crippen molar-refractivity contribution in [3.8, 4) is 0 Å². The van der Waals surface area contributed by atoms with Crippen LogP contribution in [0.4, 0.5) is 0 Å². The molecular weight excluding hydrogens is 206 g/mol. The molecule has 15 heavy (non-hydrogen) atoms. The van der Waals surface area contributed by atoms with Gasteiger partial charge in [0.25, 0.3) is 0 Å². The zero-order chi connectivity index (χ0) is 10.7. The molecule has 0 aromatic carbocycles. The average molecular weight is 225 g/mol. The van der Waals surface area contributed by atoms with Crippen molar-refractivity contribution >= 4 is 11.8 Å². The van der Waals surface area contributed by atoms with Gasteiger partial charge in [0.05, 0.1) is 6.20 Å². The maximum absolute atomic E-state index is 4.21. The fourth-order valence-electron chi connectivity index (χ4n) is 2.20. The van der Waals surface area contributed by atoms with Gasteiger partial charge in [-0.05, 0) is 19.4 Å². The first kappa shape index (κ1) is 11.0. The van der Waals surface area contributed by atoms with E-state index in [2.05, 4.69) is 23.5 Å². The summed E-state index contributed by atoms with van der Waals surface area (Å²) in [5.41, 5.74) is 0. The molecule has 1 aliphatic rings. The molecule has 0 aliphatic heterocycles. The molecule has 2 atom stereocenters. The van der Waals surface area contributed by atoms with Gasteiger partial charge in [-0.2, -0.15) is 5.10 Å². The van der Waals surface area contributed by atoms with E-state index in [1.54, 1.807) is 0 Å². The molecule has 1 fully saturated rings. The Bertz CT molecular complexity index is 311. The Balaban J connectivity index is 1.93. The Kier molecular flexibility index (Phi) is 3.70. The molecule has 0 spiro atoms. The number of hydrogen-bond acceptors (Lipinski definition) is 3. The van der Waals surface area contributed by atoms with Crippen molar-refractivity contribution in [1.29, 1.82) is 0 Å². The van der Waals surface area contributed by atoms with Crippen LogP contribution >= 0.6 is 11.8 Å². The zero-order valence-electron chi connectivity index (χ0n) is 9.44. The monoisotopic (exact) mass is 225 g/mol. The zero-order valence-corrected chi connectivity index (χ0v) is 10.3. The normalized spacial score (nSPS) is 26.0. The van der Waals surface area contributed by atoms with Crippen LogP contribution in [-0.2, 0) is 7.05 Å². The highest BCUT2D eigenvalue weighted by Gasteiger charge is 2.27. The lowest BCUT2D eigenvalue weighted by Crippen LogP contribution is -2.33. The second-order valence-corrected chi connectivity index (χ2v) is 5.41. The van der Waals surface area contributed by atoms with E-state index in [0.29, 0.717) is 6.04 Å². The minimum atomic E-state index is 0.695. The second kappa shape index (κ2) is 5.03. The third-order valence-corrected chi connectivity index (χ3v) is 4.24. The van der Waals surface area contributed by atoms with Gasteiger partial charge in [0.2, 0.25) is 0 Å². The Morgan fingerprint density at radius 3 is 3.13 bits per heavy atom. The fraction of sp³-hybridized carbons (Fsp3) is 0.727. The van der Waals surface area contributed by atoms with E-state index in [9.17, 15) is 0 Å². The van der Waals surface area contributed by atoms with Gasteiger partial charge >= 0.3 is 0 Å². The molecule has 1 saturated carbocycles. The number of aromatic nitrogens is 2. The number of hydrogen-bond donors (Lipinski definition) is 1. The molecule has 0 amide bonds. The predicted molar refractivity (Wildman–Crippen MR) is 64.2 cm³/mol. The number of nitrogens with zero attached hydrogens (tertiary/aromatic N) is 2. The van der Waals surface area contributed by atoms with Crippen molar-refractivity contribution in [3.05, 3.63) is 12.4 Å². The molecule has 1 heterocycles. The lowest BCUT2D eigenvalue weighted by atomic mass is 10.2. The van der Waals surface area contributed by atoms with E-state index in [1.807, 2.05) is 29.7 Å². The van der Waals surface area contributed by atoms with Crippen molar-refractivity contribution in [2.45, 2.75) is 42.4 Å². The molecule has 1 aromatic rings. The van der Waals surface area contributed by atoms with Gasteiger partial charge in [0.1, 0.15) is 0 Å². The van der Waals surface area contributed by atoms with Crippen LogP contribution in [0.5, 0.6) is 0 Å². The predicted octanol–water partition coefficient (Wildman–Crippen LogP) is 2.04. The summed E-state index contributed by atoms with van der Waals surface area (Å²) in [6.45, 7) is 3.26. The van der Waals surface area contributed by atoms with Gasteiger partial charge in [-0.25, -0.2) is 0 Å². The molecule has 1 aliphatic carbocycles. The Labute approximate surface area is 95.6 Å². The minimum Gasteiger partial charge on any atom is -0.313 e. The van der Waals surface area contributed by atoms with E-state index < -0.39 is 0 Å². The molecule has 84 valence electrons. The van der Waals surface area contributed by atoms with Crippen LogP contribution in [0.2, 0.25) is 0 Å². The standard InChI is InChI=1S/C11H19N3S/c1-3-12-10-5-4-6-11(10)15-9-7-13-14(2)8-9/h7-8,10-12H,3-6H2,1-2H3. The number of nitrogens with one attached hydrogen (secondary N) is 1. The molecule has 2 rings (SSSR count). The van der Waals surface area contributed by atoms with Crippen LogP contribution in [0.1, 0.15) is 26.2 Å². The SMILES string of the molecule is CCNC1CCCC1Sc1cnn(C)c1. The Morgan fingerprint density at radius 2 is 2.47 bits per heavy atom. The molecule has 0 radical (unpaired) electrons. The van der Waals surface area contributed by atoms with Crippen LogP contribution in [0.3, 0.4) is 0 Å². The summed E-state index contributed by atoms with van der Waals surface area (Å²) in [6.07, 6.45) is 8.08. The van der Waals surface area contributed by atoms with E-state index in [4.69, 9.17) is 0 Å². The first-order valence-electron chi connectivity index (χ1n) is 5.68. The Hall–Kier alpha value is -0.480. The van der Waals surface area contributed by atoms with Crippen molar-refractivity contribution in [1.82, 2.24) is 15.1 Å². The van der Waals surface area contributed by atoms with Gasteiger partial charge in [-0.15, -0.1) is 11.8 Å². The lowest BCUT2D eigenvalue weighted by molar-refractivity contribution is 0.551. The highest BCUT2D eigenvalue weighted by molar-refractivity contribution is 8.00. The molecule has 3 nitrogen and oxygen atoms in total. The quantitative estimate of drug-likeness (QED) is 0.850. The average Bonchev–Trinajstić information content (AvgIpc) is 2.78. The van der Waals surface area contributed by atoms with Crippen molar-refractivity contribution in [2.24, 2.45) is 7.05 Å². The molecule has 4 heteroatoms. The van der Waals surface area contributed by atoms with Gasteiger partial charge < -0.3 is 5.32 Å². The van der Waals surface area contributed by atoms with Crippen molar-refractivity contribution < 1.29 is 0 Å². The summed E-state index contributed by atoms with van der Waals surface area (Å²) in [5, 5.41) is 8.51. The van der Waals surface area contributed by atoms with Gasteiger partial charge in [-0.1, -0.05) is 13.3 Å². The third-order valence-electron chi connectivity index (χ3n) is 2.89. The van der Waals surface area contributed by atoms with Crippen LogP contribution in [0.15, 0.2) is 17.3 Å². The maximum atomic E-state index is 4.21. The summed E-state index contributed by atoms with van der Waals surface area (Å²) in [4.78, 5) is 1.30. The number of aryl methyl sites for hydroxylation is 1. The van der Waals surface area contributed by atoms with Gasteiger partial charge in [-0.3, -0.25) is 4.68 Å². The van der Waals surface area contributed by atoms with Crippen molar-refractivity contribution in [3.63, 3.8) is 0 Å². The molecule has 2 unspecified atom stereocenters. The third kappa shape index (κ3) is 2.75. The van der Waals surface area contributed by atoms with Crippen LogP contribution in [0, 0.1) is 0 Å². The second-order valence-electron chi connectivity index (χ2n) is 4.10. The summed E-state index contributed by atoms with van der Waals surface area (Å²) < 4.78 is 1.87. The summed E-state index contributed by atoms with van der Waals surface area (Å²) in [6, 6.07) is 0.695. The van der Waals surface area contributed by atoms with Gasteiger partial charge in [0, 0.05) is 29.4 Å². The number of rotatable bonds is 4. The first-order valence-corrected chi connectivity index (χ1v) is 6.56. The van der Waals surface area contributed by atoms with E-state index >= 15 is 0 Å². The summed E-state index contributed by atoms with van der Waals surface area (Å²) >= 11 is 1.97. The first-order chi connectivity index (χ1) is 7.29. The van der Waals surface area contributed by atoms with Crippen LogP contribution < -0.4 is 5.32 Å². The maximum Gasteiger partial charge on any atom is 0.0625 e. The minimum absolute atomic E-state index is 0.695. The number of thioether (sulfide) groups is 1. The van der Waals surface area contributed by atoms with Crippen LogP contribution in [0.25, 0.3) is 0 Å². The largest absolute Gasteiger partial charge is 0.313 e. The fourth-order valence-corrected chi connectivity index (χ4v) is 3.55. The highest BCUT2D eigenvalue weighted by Crippen LogP contribution is 2.34.